The Labute approximate surface area is 142 Å². The molecule has 0 spiro atoms. The molecule has 1 aromatic heterocycles. The van der Waals surface area contributed by atoms with E-state index in [9.17, 15) is 9.59 Å². The number of carbonyl (C=O) groups is 2. The number of aryl methyl sites for hydroxylation is 2. The molecular weight excluding hydrogens is 306 g/mol. The number of esters is 1. The first-order chi connectivity index (χ1) is 11.4. The monoisotopic (exact) mass is 329 g/mol. The summed E-state index contributed by atoms with van der Waals surface area (Å²) in [6.45, 7) is 7.92. The summed E-state index contributed by atoms with van der Waals surface area (Å²) in [5.74, 6) is 0.764. The van der Waals surface area contributed by atoms with Crippen LogP contribution < -0.4 is 5.32 Å². The molecule has 0 unspecified atom stereocenters. The van der Waals surface area contributed by atoms with E-state index in [2.05, 4.69) is 5.32 Å². The minimum absolute atomic E-state index is 0.222. The molecule has 5 nitrogen and oxygen atoms in total. The van der Waals surface area contributed by atoms with Crippen LogP contribution in [0.15, 0.2) is 28.7 Å². The molecule has 0 aliphatic carbocycles. The van der Waals surface area contributed by atoms with E-state index >= 15 is 0 Å². The molecule has 5 heteroatoms. The highest BCUT2D eigenvalue weighted by atomic mass is 16.5. The third-order valence-corrected chi connectivity index (χ3v) is 3.90. The Hall–Kier alpha value is -2.56. The van der Waals surface area contributed by atoms with Gasteiger partial charge in [0.25, 0.3) is 5.91 Å². The van der Waals surface area contributed by atoms with Crippen molar-refractivity contribution in [1.29, 1.82) is 0 Å². The van der Waals surface area contributed by atoms with Crippen molar-refractivity contribution in [3.8, 4) is 0 Å². The summed E-state index contributed by atoms with van der Waals surface area (Å²) >= 11 is 0. The number of nitrogens with one attached hydrogen (secondary N) is 1. The summed E-state index contributed by atoms with van der Waals surface area (Å²) in [6.07, 6.45) is 1.83. The molecule has 2 rings (SSSR count). The fraction of sp³-hybridized carbons (Fsp3) is 0.368. The molecule has 0 bridgehead atoms. The highest BCUT2D eigenvalue weighted by Crippen LogP contribution is 2.22. The Morgan fingerprint density at radius 3 is 2.29 bits per heavy atom. The summed E-state index contributed by atoms with van der Waals surface area (Å²) in [5.41, 5.74) is 2.47. The third kappa shape index (κ3) is 4.04. The van der Waals surface area contributed by atoms with Gasteiger partial charge in [-0.1, -0.05) is 13.3 Å². The van der Waals surface area contributed by atoms with Gasteiger partial charge in [0.05, 0.1) is 17.7 Å². The Morgan fingerprint density at radius 1 is 1.08 bits per heavy atom. The smallest absolute Gasteiger partial charge is 0.338 e. The highest BCUT2D eigenvalue weighted by Gasteiger charge is 2.18. The lowest BCUT2D eigenvalue weighted by Gasteiger charge is -2.07. The van der Waals surface area contributed by atoms with Crippen LogP contribution in [0.1, 0.15) is 57.6 Å². The van der Waals surface area contributed by atoms with E-state index in [1.807, 2.05) is 20.8 Å². The number of hydrogen-bond donors (Lipinski definition) is 1. The number of ether oxygens (including phenoxy) is 1. The quantitative estimate of drug-likeness (QED) is 0.629. The van der Waals surface area contributed by atoms with E-state index in [0.29, 0.717) is 29.2 Å². The van der Waals surface area contributed by atoms with Gasteiger partial charge in [-0.2, -0.15) is 0 Å². The van der Waals surface area contributed by atoms with Crippen molar-refractivity contribution in [3.05, 3.63) is 52.5 Å². The molecule has 1 amide bonds. The molecule has 128 valence electrons. The van der Waals surface area contributed by atoms with E-state index < -0.39 is 0 Å². The number of rotatable bonds is 6. The maximum absolute atomic E-state index is 12.4. The molecule has 0 atom stereocenters. The zero-order valence-electron chi connectivity index (χ0n) is 14.6. The minimum atomic E-state index is -0.349. The molecule has 24 heavy (non-hydrogen) atoms. The van der Waals surface area contributed by atoms with Crippen LogP contribution in [0.4, 0.5) is 5.69 Å². The van der Waals surface area contributed by atoms with Crippen molar-refractivity contribution in [3.63, 3.8) is 0 Å². The predicted octanol–water partition coefficient (Wildman–Crippen LogP) is 4.41. The van der Waals surface area contributed by atoms with Crippen LogP contribution in [-0.4, -0.2) is 18.5 Å². The lowest BCUT2D eigenvalue weighted by molar-refractivity contribution is 0.0499. The molecule has 0 aliphatic rings. The Kier molecular flexibility index (Phi) is 5.79. The normalized spacial score (nSPS) is 10.5. The molecule has 0 saturated heterocycles. The van der Waals surface area contributed by atoms with E-state index in [-0.39, 0.29) is 11.9 Å². The van der Waals surface area contributed by atoms with Crippen molar-refractivity contribution >= 4 is 17.6 Å². The second-order valence-corrected chi connectivity index (χ2v) is 5.74. The van der Waals surface area contributed by atoms with Crippen LogP contribution in [0, 0.1) is 20.8 Å². The van der Waals surface area contributed by atoms with E-state index in [1.165, 1.54) is 0 Å². The molecule has 0 radical (unpaired) electrons. The van der Waals surface area contributed by atoms with Gasteiger partial charge in [0.15, 0.2) is 0 Å². The van der Waals surface area contributed by atoms with Gasteiger partial charge in [0.1, 0.15) is 11.5 Å². The first-order valence-corrected chi connectivity index (χ1v) is 8.09. The molecule has 0 fully saturated rings. The second kappa shape index (κ2) is 7.81. The summed E-state index contributed by atoms with van der Waals surface area (Å²) in [7, 11) is 0. The van der Waals surface area contributed by atoms with Crippen molar-refractivity contribution < 1.29 is 18.7 Å². The first-order valence-electron chi connectivity index (χ1n) is 8.09. The fourth-order valence-corrected chi connectivity index (χ4v) is 2.40. The number of hydrogen-bond acceptors (Lipinski definition) is 4. The molecule has 1 heterocycles. The van der Waals surface area contributed by atoms with E-state index in [0.717, 1.165) is 24.2 Å². The SMILES string of the molecule is CCCCOC(=O)c1ccc(NC(=O)c2c(C)oc(C)c2C)cc1. The summed E-state index contributed by atoms with van der Waals surface area (Å²) in [4.78, 5) is 24.2. The number of furan rings is 1. The van der Waals surface area contributed by atoms with Crippen LogP contribution in [0.25, 0.3) is 0 Å². The van der Waals surface area contributed by atoms with Crippen LogP contribution in [0.3, 0.4) is 0 Å². The molecular formula is C19H23NO4. The van der Waals surface area contributed by atoms with Crippen LogP contribution in [-0.2, 0) is 4.74 Å². The molecule has 1 N–H and O–H groups in total. The molecule has 2 aromatic rings. The zero-order chi connectivity index (χ0) is 17.7. The average Bonchev–Trinajstić information content (AvgIpc) is 2.80. The number of carbonyl (C=O) groups excluding carboxylic acids is 2. The third-order valence-electron chi connectivity index (χ3n) is 3.90. The maximum atomic E-state index is 12.4. The van der Waals surface area contributed by atoms with Crippen LogP contribution >= 0.6 is 0 Å². The Bertz CT molecular complexity index is 729. The largest absolute Gasteiger partial charge is 0.466 e. The maximum Gasteiger partial charge on any atom is 0.338 e. The van der Waals surface area contributed by atoms with Gasteiger partial charge in [-0.15, -0.1) is 0 Å². The van der Waals surface area contributed by atoms with Crippen molar-refractivity contribution in [2.24, 2.45) is 0 Å². The van der Waals surface area contributed by atoms with Gasteiger partial charge in [0, 0.05) is 11.3 Å². The summed E-state index contributed by atoms with van der Waals surface area (Å²) in [5, 5.41) is 2.82. The van der Waals surface area contributed by atoms with Crippen molar-refractivity contribution in [1.82, 2.24) is 0 Å². The van der Waals surface area contributed by atoms with Gasteiger partial charge in [-0.05, 0) is 51.5 Å². The molecule has 1 aromatic carbocycles. The fourth-order valence-electron chi connectivity index (χ4n) is 2.40. The molecule has 0 aliphatic heterocycles. The minimum Gasteiger partial charge on any atom is -0.466 e. The Morgan fingerprint density at radius 2 is 1.75 bits per heavy atom. The number of unbranched alkanes of at least 4 members (excludes halogenated alkanes) is 1. The first kappa shape index (κ1) is 17.8. The zero-order valence-corrected chi connectivity index (χ0v) is 14.6. The van der Waals surface area contributed by atoms with E-state index in [4.69, 9.17) is 9.15 Å². The van der Waals surface area contributed by atoms with Gasteiger partial charge >= 0.3 is 5.97 Å². The van der Waals surface area contributed by atoms with E-state index in [1.54, 1.807) is 31.2 Å². The number of benzene rings is 1. The summed E-state index contributed by atoms with van der Waals surface area (Å²) < 4.78 is 10.6. The topological polar surface area (TPSA) is 68.5 Å². The number of anilines is 1. The predicted molar refractivity (Wildman–Crippen MR) is 92.5 cm³/mol. The van der Waals surface area contributed by atoms with Gasteiger partial charge in [-0.3, -0.25) is 4.79 Å². The molecule has 0 saturated carbocycles. The van der Waals surface area contributed by atoms with Gasteiger partial charge < -0.3 is 14.5 Å². The summed E-state index contributed by atoms with van der Waals surface area (Å²) in [6, 6.07) is 6.66. The highest BCUT2D eigenvalue weighted by molar-refractivity contribution is 6.06. The lowest BCUT2D eigenvalue weighted by atomic mass is 10.1. The van der Waals surface area contributed by atoms with Crippen LogP contribution in [0.2, 0.25) is 0 Å². The van der Waals surface area contributed by atoms with Crippen LogP contribution in [0.5, 0.6) is 0 Å². The average molecular weight is 329 g/mol. The Balaban J connectivity index is 2.03. The van der Waals surface area contributed by atoms with Gasteiger partial charge in [-0.25, -0.2) is 4.79 Å². The van der Waals surface area contributed by atoms with Gasteiger partial charge in [0.2, 0.25) is 0 Å². The van der Waals surface area contributed by atoms with Crippen molar-refractivity contribution in [2.45, 2.75) is 40.5 Å². The lowest BCUT2D eigenvalue weighted by Crippen LogP contribution is -2.14. The standard InChI is InChI=1S/C19H23NO4/c1-5-6-11-23-19(22)15-7-9-16(10-8-15)20-18(21)17-12(2)13(3)24-14(17)4/h7-10H,5-6,11H2,1-4H3,(H,20,21). The number of amides is 1. The van der Waals surface area contributed by atoms with Crippen molar-refractivity contribution in [2.75, 3.05) is 11.9 Å². The second-order valence-electron chi connectivity index (χ2n) is 5.74.